The van der Waals surface area contributed by atoms with E-state index in [1.54, 1.807) is 12.1 Å². The monoisotopic (exact) mass is 274 g/mol. The van der Waals surface area contributed by atoms with Crippen molar-refractivity contribution < 1.29 is 15.0 Å². The first kappa shape index (κ1) is 14.3. The number of pyridine rings is 1. The number of benzene rings is 1. The lowest BCUT2D eigenvalue weighted by Crippen LogP contribution is -2.38. The zero-order valence-corrected chi connectivity index (χ0v) is 11.6. The molecule has 0 radical (unpaired) electrons. The predicted molar refractivity (Wildman–Crippen MR) is 78.1 cm³/mol. The first-order valence-corrected chi connectivity index (χ1v) is 6.51. The molecule has 2 rings (SSSR count). The van der Waals surface area contributed by atoms with Crippen LogP contribution < -0.4 is 5.32 Å². The molecule has 1 heterocycles. The quantitative estimate of drug-likeness (QED) is 0.780. The van der Waals surface area contributed by atoms with Crippen molar-refractivity contribution in [2.75, 3.05) is 11.9 Å². The molecule has 0 saturated carbocycles. The Balaban J connectivity index is 2.56. The summed E-state index contributed by atoms with van der Waals surface area (Å²) in [5, 5.41) is 23.3. The molecule has 3 N–H and O–H groups in total. The molecule has 5 nitrogen and oxygen atoms in total. The first-order valence-electron chi connectivity index (χ1n) is 6.51. The molecule has 1 unspecified atom stereocenters. The summed E-state index contributed by atoms with van der Waals surface area (Å²) in [5.41, 5.74) is -0.311. The molecule has 2 aromatic rings. The second-order valence-electron chi connectivity index (χ2n) is 5.07. The first-order chi connectivity index (χ1) is 9.50. The van der Waals surface area contributed by atoms with Gasteiger partial charge in [0.25, 0.3) is 0 Å². The maximum absolute atomic E-state index is 11.2. The summed E-state index contributed by atoms with van der Waals surface area (Å²) < 4.78 is 0. The number of nitrogens with one attached hydrogen (secondary N) is 1. The van der Waals surface area contributed by atoms with Crippen molar-refractivity contribution in [2.45, 2.75) is 25.8 Å². The van der Waals surface area contributed by atoms with Gasteiger partial charge in [0.15, 0.2) is 0 Å². The van der Waals surface area contributed by atoms with Crippen molar-refractivity contribution in [3.05, 3.63) is 36.0 Å². The molecule has 1 aromatic heterocycles. The molecule has 0 aliphatic heterocycles. The van der Waals surface area contributed by atoms with Crippen LogP contribution in [0.25, 0.3) is 10.8 Å². The smallest absolute Gasteiger partial charge is 0.337 e. The third kappa shape index (κ3) is 2.58. The lowest BCUT2D eigenvalue weighted by Gasteiger charge is -2.28. The predicted octanol–water partition coefficient (Wildman–Crippen LogP) is 2.51. The van der Waals surface area contributed by atoms with E-state index >= 15 is 0 Å². The SMILES string of the molecule is CCC(C)(CO)Nc1ncc(C(=O)O)c2ccccc12. The normalized spacial score (nSPS) is 13.9. The van der Waals surface area contributed by atoms with E-state index in [0.717, 1.165) is 11.8 Å². The van der Waals surface area contributed by atoms with Crippen LogP contribution in [0.5, 0.6) is 0 Å². The number of aromatic nitrogens is 1. The Bertz CT molecular complexity index is 636. The van der Waals surface area contributed by atoms with Crippen molar-refractivity contribution in [1.82, 2.24) is 4.98 Å². The minimum absolute atomic E-state index is 0.0276. The van der Waals surface area contributed by atoms with Crippen molar-refractivity contribution in [3.63, 3.8) is 0 Å². The zero-order valence-electron chi connectivity index (χ0n) is 11.6. The molecule has 0 amide bonds. The summed E-state index contributed by atoms with van der Waals surface area (Å²) >= 11 is 0. The van der Waals surface area contributed by atoms with E-state index in [0.29, 0.717) is 11.2 Å². The molecule has 0 saturated heterocycles. The number of fused-ring (bicyclic) bond motifs is 1. The molecule has 0 aliphatic rings. The van der Waals surface area contributed by atoms with Gasteiger partial charge in [0.2, 0.25) is 0 Å². The van der Waals surface area contributed by atoms with Gasteiger partial charge in [-0.15, -0.1) is 0 Å². The summed E-state index contributed by atoms with van der Waals surface area (Å²) in [7, 11) is 0. The zero-order chi connectivity index (χ0) is 14.8. The van der Waals surface area contributed by atoms with E-state index in [1.165, 1.54) is 6.20 Å². The Morgan fingerprint density at radius 2 is 2.00 bits per heavy atom. The lowest BCUT2D eigenvalue weighted by atomic mass is 9.99. The molecule has 5 heteroatoms. The van der Waals surface area contributed by atoms with Gasteiger partial charge in [-0.05, 0) is 13.3 Å². The van der Waals surface area contributed by atoms with Gasteiger partial charge in [0.1, 0.15) is 5.82 Å². The van der Waals surface area contributed by atoms with Gasteiger partial charge in [-0.1, -0.05) is 31.2 Å². The lowest BCUT2D eigenvalue weighted by molar-refractivity contribution is 0.0698. The molecular weight excluding hydrogens is 256 g/mol. The standard InChI is InChI=1S/C15H18N2O3/c1-3-15(2,9-18)17-13-11-7-5-4-6-10(11)12(8-16-13)14(19)20/h4-8,18H,3,9H2,1-2H3,(H,16,17)(H,19,20). The number of rotatable bonds is 5. The molecule has 1 aromatic carbocycles. The number of nitrogens with zero attached hydrogens (tertiary/aromatic N) is 1. The van der Waals surface area contributed by atoms with E-state index in [9.17, 15) is 15.0 Å². The largest absolute Gasteiger partial charge is 0.478 e. The number of aliphatic hydroxyl groups is 1. The number of carbonyl (C=O) groups is 1. The van der Waals surface area contributed by atoms with Gasteiger partial charge < -0.3 is 15.5 Å². The van der Waals surface area contributed by atoms with Crippen LogP contribution in [-0.4, -0.2) is 33.3 Å². The molecule has 1 atom stereocenters. The van der Waals surface area contributed by atoms with Crippen LogP contribution >= 0.6 is 0 Å². The van der Waals surface area contributed by atoms with Crippen molar-refractivity contribution in [2.24, 2.45) is 0 Å². The van der Waals surface area contributed by atoms with Gasteiger partial charge in [-0.3, -0.25) is 0 Å². The van der Waals surface area contributed by atoms with Gasteiger partial charge in [0.05, 0.1) is 17.7 Å². The average Bonchev–Trinajstić information content (AvgIpc) is 2.47. The summed E-state index contributed by atoms with van der Waals surface area (Å²) in [6.07, 6.45) is 2.07. The van der Waals surface area contributed by atoms with Gasteiger partial charge in [0, 0.05) is 17.0 Å². The second-order valence-corrected chi connectivity index (χ2v) is 5.07. The molecule has 0 fully saturated rings. The molecule has 0 aliphatic carbocycles. The van der Waals surface area contributed by atoms with Crippen LogP contribution in [0.3, 0.4) is 0 Å². The van der Waals surface area contributed by atoms with Gasteiger partial charge >= 0.3 is 5.97 Å². The molecule has 0 spiro atoms. The van der Waals surface area contributed by atoms with Crippen LogP contribution in [-0.2, 0) is 0 Å². The Morgan fingerprint density at radius 1 is 1.35 bits per heavy atom. The third-order valence-electron chi connectivity index (χ3n) is 3.57. The van der Waals surface area contributed by atoms with E-state index in [2.05, 4.69) is 10.3 Å². The Kier molecular flexibility index (Phi) is 3.90. The highest BCUT2D eigenvalue weighted by molar-refractivity contribution is 6.06. The van der Waals surface area contributed by atoms with Crippen LogP contribution in [0, 0.1) is 0 Å². The Hall–Kier alpha value is -2.14. The van der Waals surface area contributed by atoms with Crippen LogP contribution in [0.1, 0.15) is 30.6 Å². The van der Waals surface area contributed by atoms with Crippen LogP contribution in [0.2, 0.25) is 0 Å². The number of hydrogen-bond donors (Lipinski definition) is 3. The minimum Gasteiger partial charge on any atom is -0.478 e. The van der Waals surface area contributed by atoms with Crippen LogP contribution in [0.4, 0.5) is 5.82 Å². The average molecular weight is 274 g/mol. The summed E-state index contributed by atoms with van der Waals surface area (Å²) in [6, 6.07) is 7.21. The highest BCUT2D eigenvalue weighted by Gasteiger charge is 2.22. The maximum atomic E-state index is 11.2. The molecule has 20 heavy (non-hydrogen) atoms. The van der Waals surface area contributed by atoms with E-state index < -0.39 is 11.5 Å². The number of aromatic carboxylic acids is 1. The van der Waals surface area contributed by atoms with Gasteiger partial charge in [-0.2, -0.15) is 0 Å². The number of aliphatic hydroxyl groups excluding tert-OH is 1. The summed E-state index contributed by atoms with van der Waals surface area (Å²) in [6.45, 7) is 3.84. The fourth-order valence-corrected chi connectivity index (χ4v) is 1.99. The fourth-order valence-electron chi connectivity index (χ4n) is 1.99. The Morgan fingerprint density at radius 3 is 2.55 bits per heavy atom. The highest BCUT2D eigenvalue weighted by atomic mass is 16.4. The topological polar surface area (TPSA) is 82.5 Å². The van der Waals surface area contributed by atoms with Gasteiger partial charge in [-0.25, -0.2) is 9.78 Å². The third-order valence-corrected chi connectivity index (χ3v) is 3.57. The molecular formula is C15H18N2O3. The summed E-state index contributed by atoms with van der Waals surface area (Å²) in [5.74, 6) is -0.412. The second kappa shape index (κ2) is 5.46. The Labute approximate surface area is 117 Å². The van der Waals surface area contributed by atoms with Crippen molar-refractivity contribution >= 4 is 22.6 Å². The van der Waals surface area contributed by atoms with Crippen molar-refractivity contribution in [1.29, 1.82) is 0 Å². The summed E-state index contributed by atoms with van der Waals surface area (Å²) in [4.78, 5) is 15.4. The minimum atomic E-state index is -0.999. The number of carboxylic acids is 1. The van der Waals surface area contributed by atoms with E-state index in [4.69, 9.17) is 0 Å². The van der Waals surface area contributed by atoms with Crippen LogP contribution in [0.15, 0.2) is 30.5 Å². The van der Waals surface area contributed by atoms with E-state index in [1.807, 2.05) is 26.0 Å². The molecule has 0 bridgehead atoms. The highest BCUT2D eigenvalue weighted by Crippen LogP contribution is 2.27. The number of hydrogen-bond acceptors (Lipinski definition) is 4. The number of carboxylic acid groups (broad SMARTS) is 1. The number of anilines is 1. The fraction of sp³-hybridized carbons (Fsp3) is 0.333. The van der Waals surface area contributed by atoms with E-state index in [-0.39, 0.29) is 12.2 Å². The maximum Gasteiger partial charge on any atom is 0.337 e. The van der Waals surface area contributed by atoms with Crippen molar-refractivity contribution in [3.8, 4) is 0 Å². The molecule has 106 valence electrons.